The number of fused-ring (bicyclic) bond motifs is 1. The van der Waals surface area contributed by atoms with Gasteiger partial charge in [-0.15, -0.1) is 15.3 Å². The molecular formula is C22H33N7. The Morgan fingerprint density at radius 1 is 0.931 bits per heavy atom. The van der Waals surface area contributed by atoms with Gasteiger partial charge in [0.15, 0.2) is 11.6 Å². The van der Waals surface area contributed by atoms with E-state index in [-0.39, 0.29) is 11.5 Å². The zero-order valence-electron chi connectivity index (χ0n) is 17.6. The lowest BCUT2D eigenvalue weighted by molar-refractivity contribution is 0.609. The molecular weight excluding hydrogens is 362 g/mol. The Bertz CT molecular complexity index is 830. The third-order valence-corrected chi connectivity index (χ3v) is 4.80. The molecule has 0 unspecified atom stereocenters. The number of aromatic nitrogens is 5. The maximum absolute atomic E-state index is 8.94. The molecule has 0 spiro atoms. The van der Waals surface area contributed by atoms with Gasteiger partial charge in [-0.3, -0.25) is 0 Å². The predicted molar refractivity (Wildman–Crippen MR) is 116 cm³/mol. The van der Waals surface area contributed by atoms with Crippen LogP contribution < -0.4 is 5.73 Å². The molecule has 2 heterocycles. The molecule has 0 aliphatic rings. The molecule has 0 saturated heterocycles. The molecule has 2 rings (SSSR count). The minimum Gasteiger partial charge on any atom is -0.381 e. The van der Waals surface area contributed by atoms with E-state index in [1.54, 1.807) is 0 Å². The predicted octanol–water partition coefficient (Wildman–Crippen LogP) is 4.94. The summed E-state index contributed by atoms with van der Waals surface area (Å²) in [5, 5.41) is 20.9. The Morgan fingerprint density at radius 3 is 2.34 bits per heavy atom. The van der Waals surface area contributed by atoms with Crippen LogP contribution in [-0.4, -0.2) is 24.8 Å². The molecule has 7 heteroatoms. The summed E-state index contributed by atoms with van der Waals surface area (Å²) < 4.78 is 1.40. The van der Waals surface area contributed by atoms with Gasteiger partial charge < -0.3 is 5.73 Å². The number of nitrogen functional groups attached to an aromatic ring is 1. The molecule has 0 aromatic carbocycles. The summed E-state index contributed by atoms with van der Waals surface area (Å²) >= 11 is 0. The third-order valence-electron chi connectivity index (χ3n) is 4.80. The van der Waals surface area contributed by atoms with Crippen molar-refractivity contribution >= 4 is 11.6 Å². The Morgan fingerprint density at radius 2 is 1.62 bits per heavy atom. The number of rotatable bonds is 14. The standard InChI is InChI=1S/C22H33N7/c1-2-3-4-5-6-7-8-9-10-11-12-13-14-15-16-17-20-25-22-27-26-19(18-23)21(24)29(22)28-20/h6-7,9-10H,2-5,8,11-17,24H2,1H3. The van der Waals surface area contributed by atoms with E-state index >= 15 is 0 Å². The average molecular weight is 396 g/mol. The SMILES string of the molecule is CCCCCC=CCC=CCCCCCCCc1nc2nnc(C#N)c(N)n2n1. The van der Waals surface area contributed by atoms with Crippen molar-refractivity contribution in [3.8, 4) is 6.07 Å². The highest BCUT2D eigenvalue weighted by molar-refractivity contribution is 5.47. The molecule has 0 radical (unpaired) electrons. The van der Waals surface area contributed by atoms with Crippen LogP contribution >= 0.6 is 0 Å². The minimum absolute atomic E-state index is 0.0750. The number of hydrogen-bond acceptors (Lipinski definition) is 6. The Hall–Kier alpha value is -2.75. The highest BCUT2D eigenvalue weighted by Crippen LogP contribution is 2.11. The van der Waals surface area contributed by atoms with E-state index in [0.717, 1.165) is 32.1 Å². The largest absolute Gasteiger partial charge is 0.381 e. The highest BCUT2D eigenvalue weighted by atomic mass is 15.4. The molecule has 0 aliphatic heterocycles. The van der Waals surface area contributed by atoms with E-state index < -0.39 is 0 Å². The Labute approximate surface area is 173 Å². The topological polar surface area (TPSA) is 106 Å². The van der Waals surface area contributed by atoms with Crippen LogP contribution in [0, 0.1) is 11.3 Å². The van der Waals surface area contributed by atoms with Gasteiger partial charge in [-0.2, -0.15) is 14.8 Å². The fourth-order valence-electron chi connectivity index (χ4n) is 3.10. The number of nitrogens with zero attached hydrogens (tertiary/aromatic N) is 6. The summed E-state index contributed by atoms with van der Waals surface area (Å²) in [6.07, 6.45) is 23.2. The molecule has 2 N–H and O–H groups in total. The molecule has 29 heavy (non-hydrogen) atoms. The average Bonchev–Trinajstić information content (AvgIpc) is 3.15. The minimum atomic E-state index is 0.0750. The zero-order chi connectivity index (χ0) is 20.7. The number of hydrogen-bond donors (Lipinski definition) is 1. The van der Waals surface area contributed by atoms with Crippen LogP contribution in [0.3, 0.4) is 0 Å². The quantitative estimate of drug-likeness (QED) is 0.359. The second kappa shape index (κ2) is 13.4. The van der Waals surface area contributed by atoms with Gasteiger partial charge >= 0.3 is 0 Å². The molecule has 0 amide bonds. The molecule has 0 aliphatic carbocycles. The van der Waals surface area contributed by atoms with Crippen LogP contribution in [0.1, 0.15) is 89.1 Å². The fraction of sp³-hybridized carbons (Fsp3) is 0.591. The summed E-state index contributed by atoms with van der Waals surface area (Å²) in [6.45, 7) is 2.24. The lowest BCUT2D eigenvalue weighted by Gasteiger charge is -1.98. The van der Waals surface area contributed by atoms with Crippen molar-refractivity contribution in [1.29, 1.82) is 5.26 Å². The number of nitriles is 1. The second-order valence-corrected chi connectivity index (χ2v) is 7.27. The molecule has 0 atom stereocenters. The van der Waals surface area contributed by atoms with Gasteiger partial charge in [-0.25, -0.2) is 0 Å². The van der Waals surface area contributed by atoms with E-state index in [0.29, 0.717) is 11.6 Å². The van der Waals surface area contributed by atoms with Gasteiger partial charge in [0.2, 0.25) is 5.69 Å². The van der Waals surface area contributed by atoms with E-state index in [2.05, 4.69) is 51.5 Å². The molecule has 2 aromatic heterocycles. The van der Waals surface area contributed by atoms with E-state index in [1.165, 1.54) is 49.5 Å². The lowest BCUT2D eigenvalue weighted by Crippen LogP contribution is -2.06. The maximum Gasteiger partial charge on any atom is 0.273 e. The van der Waals surface area contributed by atoms with E-state index in [4.69, 9.17) is 11.0 Å². The van der Waals surface area contributed by atoms with Gasteiger partial charge in [-0.05, 0) is 38.5 Å². The molecule has 7 nitrogen and oxygen atoms in total. The number of unbranched alkanes of at least 4 members (excludes halogenated alkanes) is 8. The molecule has 0 bridgehead atoms. The van der Waals surface area contributed by atoms with E-state index in [9.17, 15) is 0 Å². The van der Waals surface area contributed by atoms with Crippen molar-refractivity contribution in [2.45, 2.75) is 84.0 Å². The zero-order valence-corrected chi connectivity index (χ0v) is 17.6. The van der Waals surface area contributed by atoms with Crippen LogP contribution in [0.2, 0.25) is 0 Å². The van der Waals surface area contributed by atoms with Crippen molar-refractivity contribution in [1.82, 2.24) is 24.8 Å². The second-order valence-electron chi connectivity index (χ2n) is 7.27. The highest BCUT2D eigenvalue weighted by Gasteiger charge is 2.11. The number of nitrogens with two attached hydrogens (primary N) is 1. The summed E-state index contributed by atoms with van der Waals surface area (Å²) in [4.78, 5) is 4.33. The van der Waals surface area contributed by atoms with Gasteiger partial charge in [0.1, 0.15) is 6.07 Å². The summed E-state index contributed by atoms with van der Waals surface area (Å²) in [7, 11) is 0. The van der Waals surface area contributed by atoms with Crippen molar-refractivity contribution in [3.63, 3.8) is 0 Å². The van der Waals surface area contributed by atoms with Crippen molar-refractivity contribution in [3.05, 3.63) is 35.8 Å². The number of anilines is 1. The first kappa shape index (κ1) is 22.5. The molecule has 0 saturated carbocycles. The van der Waals surface area contributed by atoms with Crippen LogP contribution in [0.25, 0.3) is 5.78 Å². The van der Waals surface area contributed by atoms with Crippen molar-refractivity contribution < 1.29 is 0 Å². The first-order valence-electron chi connectivity index (χ1n) is 10.8. The van der Waals surface area contributed by atoms with Gasteiger partial charge in [0, 0.05) is 6.42 Å². The summed E-state index contributed by atoms with van der Waals surface area (Å²) in [6, 6.07) is 1.90. The van der Waals surface area contributed by atoms with Crippen LogP contribution in [0.4, 0.5) is 5.82 Å². The van der Waals surface area contributed by atoms with Gasteiger partial charge in [0.25, 0.3) is 5.78 Å². The maximum atomic E-state index is 8.94. The molecule has 156 valence electrons. The van der Waals surface area contributed by atoms with Gasteiger partial charge in [0.05, 0.1) is 0 Å². The molecule has 0 fully saturated rings. The van der Waals surface area contributed by atoms with Gasteiger partial charge in [-0.1, -0.05) is 63.3 Å². The van der Waals surface area contributed by atoms with Crippen LogP contribution in [0.15, 0.2) is 24.3 Å². The smallest absolute Gasteiger partial charge is 0.273 e. The van der Waals surface area contributed by atoms with Crippen molar-refractivity contribution in [2.24, 2.45) is 0 Å². The van der Waals surface area contributed by atoms with Crippen LogP contribution in [-0.2, 0) is 6.42 Å². The van der Waals surface area contributed by atoms with Crippen LogP contribution in [0.5, 0.6) is 0 Å². The third kappa shape index (κ3) is 8.02. The lowest BCUT2D eigenvalue weighted by atomic mass is 10.1. The first-order chi connectivity index (χ1) is 14.3. The number of allylic oxidation sites excluding steroid dienone is 4. The number of aryl methyl sites for hydroxylation is 1. The fourth-order valence-corrected chi connectivity index (χ4v) is 3.10. The summed E-state index contributed by atoms with van der Waals surface area (Å²) in [5.41, 5.74) is 5.93. The Balaban J connectivity index is 1.52. The van der Waals surface area contributed by atoms with Crippen molar-refractivity contribution in [2.75, 3.05) is 5.73 Å². The molecule has 2 aromatic rings. The normalized spacial score (nSPS) is 11.7. The summed E-state index contributed by atoms with van der Waals surface area (Å²) in [5.74, 6) is 1.24. The van der Waals surface area contributed by atoms with E-state index in [1.807, 2.05) is 6.07 Å². The monoisotopic (exact) mass is 395 g/mol. The Kier molecular flexibility index (Phi) is 10.4. The first-order valence-corrected chi connectivity index (χ1v) is 10.8.